The van der Waals surface area contributed by atoms with Crippen molar-refractivity contribution in [1.82, 2.24) is 0 Å². The van der Waals surface area contributed by atoms with Crippen molar-refractivity contribution < 1.29 is 23.9 Å². The highest BCUT2D eigenvalue weighted by Crippen LogP contribution is 2.33. The quantitative estimate of drug-likeness (QED) is 0.243. The molecule has 0 bridgehead atoms. The molecule has 0 aromatic rings. The minimum atomic E-state index is -4.28. The Balaban J connectivity index is 0. The summed E-state index contributed by atoms with van der Waals surface area (Å²) in [6.45, 7) is 6.84. The maximum atomic E-state index is 11.0. The van der Waals surface area contributed by atoms with E-state index in [1.807, 2.05) is 0 Å². The van der Waals surface area contributed by atoms with Crippen LogP contribution >= 0.6 is 7.60 Å². The van der Waals surface area contributed by atoms with Crippen LogP contribution in [0.25, 0.3) is 0 Å². The van der Waals surface area contributed by atoms with Crippen molar-refractivity contribution in [2.45, 2.75) is 97.8 Å². The van der Waals surface area contributed by atoms with Crippen molar-refractivity contribution in [2.75, 3.05) is 12.8 Å². The highest BCUT2D eigenvalue weighted by Gasteiger charge is 2.19. The summed E-state index contributed by atoms with van der Waals surface area (Å²) in [5.41, 5.74) is 0. The lowest BCUT2D eigenvalue weighted by molar-refractivity contribution is -0.140. The third-order valence-corrected chi connectivity index (χ3v) is 4.27. The van der Waals surface area contributed by atoms with Crippen molar-refractivity contribution >= 4 is 13.6 Å². The molecular weight excluding hydrogens is 327 g/mol. The molecular formula is C18H39O5P. The van der Waals surface area contributed by atoms with E-state index in [0.717, 1.165) is 19.3 Å². The van der Waals surface area contributed by atoms with E-state index in [1.54, 1.807) is 0 Å². The van der Waals surface area contributed by atoms with Gasteiger partial charge in [-0.15, -0.1) is 0 Å². The first-order chi connectivity index (χ1) is 11.4. The summed E-state index contributed by atoms with van der Waals surface area (Å²) in [5.74, 6) is -0.811. The van der Waals surface area contributed by atoms with Crippen LogP contribution < -0.4 is 0 Å². The Hall–Kier alpha value is -0.380. The second-order valence-electron chi connectivity index (χ2n) is 6.23. The smallest absolute Gasteiger partial charge is 0.336 e. The molecule has 0 amide bonds. The fraction of sp³-hybridized carbons (Fsp3) is 0.944. The number of esters is 1. The van der Waals surface area contributed by atoms with Gasteiger partial charge in [0.15, 0.2) is 0 Å². The number of carbonyl (C=O) groups is 1. The Morgan fingerprint density at radius 2 is 1.17 bits per heavy atom. The summed E-state index contributed by atoms with van der Waals surface area (Å²) in [5, 5.41) is 0. The summed E-state index contributed by atoms with van der Waals surface area (Å²) >= 11 is 0. The summed E-state index contributed by atoms with van der Waals surface area (Å²) in [4.78, 5) is 28.2. The highest BCUT2D eigenvalue weighted by atomic mass is 31.2. The zero-order valence-corrected chi connectivity index (χ0v) is 16.9. The highest BCUT2D eigenvalue weighted by molar-refractivity contribution is 7.52. The van der Waals surface area contributed by atoms with Crippen molar-refractivity contribution in [3.63, 3.8) is 0 Å². The third-order valence-electron chi connectivity index (χ3n) is 3.60. The topological polar surface area (TPSA) is 83.8 Å². The van der Waals surface area contributed by atoms with Crippen molar-refractivity contribution in [2.24, 2.45) is 0 Å². The first kappa shape index (κ1) is 25.9. The lowest BCUT2D eigenvalue weighted by atomic mass is 10.1. The van der Waals surface area contributed by atoms with Gasteiger partial charge in [0.2, 0.25) is 0 Å². The Kier molecular flexibility index (Phi) is 20.4. The van der Waals surface area contributed by atoms with Crippen LogP contribution in [0.3, 0.4) is 0 Å². The van der Waals surface area contributed by atoms with E-state index in [2.05, 4.69) is 20.8 Å². The first-order valence-corrected chi connectivity index (χ1v) is 11.4. The van der Waals surface area contributed by atoms with E-state index in [0.29, 0.717) is 0 Å². The van der Waals surface area contributed by atoms with Crippen molar-refractivity contribution in [3.05, 3.63) is 0 Å². The number of rotatable bonds is 14. The molecule has 146 valence electrons. The fourth-order valence-electron chi connectivity index (χ4n) is 1.99. The minimum absolute atomic E-state index is 0.259. The summed E-state index contributed by atoms with van der Waals surface area (Å²) in [6, 6.07) is 0. The van der Waals surface area contributed by atoms with Gasteiger partial charge in [0.1, 0.15) is 6.16 Å². The molecule has 0 aromatic heterocycles. The normalized spacial score (nSPS) is 10.9. The van der Waals surface area contributed by atoms with E-state index in [9.17, 15) is 9.36 Å². The van der Waals surface area contributed by atoms with Gasteiger partial charge >= 0.3 is 13.6 Å². The molecule has 0 fully saturated rings. The van der Waals surface area contributed by atoms with E-state index >= 15 is 0 Å². The average molecular weight is 366 g/mol. The predicted molar refractivity (Wildman–Crippen MR) is 100 cm³/mol. The van der Waals surface area contributed by atoms with Gasteiger partial charge in [0.05, 0.1) is 6.61 Å². The monoisotopic (exact) mass is 366 g/mol. The molecule has 0 saturated carbocycles. The molecule has 0 aliphatic rings. The molecule has 0 unspecified atom stereocenters. The third kappa shape index (κ3) is 26.5. The van der Waals surface area contributed by atoms with Gasteiger partial charge in [-0.1, -0.05) is 91.4 Å². The molecule has 0 aromatic carbocycles. The lowest BCUT2D eigenvalue weighted by Crippen LogP contribution is -2.10. The molecule has 5 nitrogen and oxygen atoms in total. The van der Waals surface area contributed by atoms with Gasteiger partial charge in [-0.2, -0.15) is 0 Å². The van der Waals surface area contributed by atoms with Crippen molar-refractivity contribution in [1.29, 1.82) is 0 Å². The second kappa shape index (κ2) is 19.0. The Morgan fingerprint density at radius 1 is 0.750 bits per heavy atom. The number of carbonyl (C=O) groups excluding carboxylic acids is 1. The summed E-state index contributed by atoms with van der Waals surface area (Å²) < 4.78 is 15.3. The molecule has 0 radical (unpaired) electrons. The Labute approximate surface area is 148 Å². The van der Waals surface area contributed by atoms with Gasteiger partial charge in [-0.25, -0.2) is 0 Å². The summed E-state index contributed by atoms with van der Waals surface area (Å²) in [7, 11) is -4.28. The molecule has 0 aliphatic carbocycles. The average Bonchev–Trinajstić information content (AvgIpc) is 2.51. The van der Waals surface area contributed by atoms with Crippen LogP contribution in [0.2, 0.25) is 0 Å². The van der Waals surface area contributed by atoms with Gasteiger partial charge < -0.3 is 14.5 Å². The molecule has 0 rings (SSSR count). The molecule has 24 heavy (non-hydrogen) atoms. The standard InChI is InChI=1S/C14H29O5P.C4H10/c1-2-3-4-5-6-7-8-9-10-11-12-19-14(15)13-20(16,17)18;1-3-4-2/h2-13H2,1H3,(H2,16,17,18);3-4H2,1-2H3. The molecule has 0 saturated heterocycles. The SMILES string of the molecule is CCCC.CCCCCCCCCCCCOC(=O)CP(=O)(O)O. The Morgan fingerprint density at radius 3 is 1.54 bits per heavy atom. The van der Waals surface area contributed by atoms with Gasteiger partial charge in [0, 0.05) is 0 Å². The number of unbranched alkanes of at least 4 members (excludes halogenated alkanes) is 10. The first-order valence-electron chi connectivity index (χ1n) is 9.57. The van der Waals surface area contributed by atoms with Crippen LogP contribution in [0.15, 0.2) is 0 Å². The maximum Gasteiger partial charge on any atom is 0.336 e. The molecule has 0 aliphatic heterocycles. The van der Waals surface area contributed by atoms with Crippen LogP contribution in [0.4, 0.5) is 0 Å². The van der Waals surface area contributed by atoms with E-state index in [-0.39, 0.29) is 6.61 Å². The number of hydrogen-bond donors (Lipinski definition) is 2. The lowest BCUT2D eigenvalue weighted by Gasteiger charge is -2.06. The van der Waals surface area contributed by atoms with Crippen molar-refractivity contribution in [3.8, 4) is 0 Å². The maximum absolute atomic E-state index is 11.0. The second-order valence-corrected chi connectivity index (χ2v) is 7.87. The van der Waals surface area contributed by atoms with Crippen LogP contribution in [0.1, 0.15) is 97.8 Å². The van der Waals surface area contributed by atoms with Gasteiger partial charge in [-0.3, -0.25) is 9.36 Å². The van der Waals surface area contributed by atoms with E-state index in [1.165, 1.54) is 57.8 Å². The van der Waals surface area contributed by atoms with Crippen LogP contribution in [0, 0.1) is 0 Å². The Bertz CT molecular complexity index is 313. The molecule has 0 atom stereocenters. The zero-order valence-electron chi connectivity index (χ0n) is 16.0. The molecule has 0 heterocycles. The minimum Gasteiger partial charge on any atom is -0.465 e. The number of hydrogen-bond acceptors (Lipinski definition) is 3. The molecule has 2 N–H and O–H groups in total. The van der Waals surface area contributed by atoms with E-state index < -0.39 is 19.7 Å². The molecule has 0 spiro atoms. The van der Waals surface area contributed by atoms with Crippen LogP contribution in [0.5, 0.6) is 0 Å². The van der Waals surface area contributed by atoms with E-state index in [4.69, 9.17) is 14.5 Å². The van der Waals surface area contributed by atoms with Gasteiger partial charge in [-0.05, 0) is 6.42 Å². The predicted octanol–water partition coefficient (Wildman–Crippen LogP) is 5.43. The van der Waals surface area contributed by atoms with Crippen LogP contribution in [-0.2, 0) is 14.1 Å². The van der Waals surface area contributed by atoms with Gasteiger partial charge in [0.25, 0.3) is 0 Å². The van der Waals surface area contributed by atoms with Crippen LogP contribution in [-0.4, -0.2) is 28.5 Å². The fourth-order valence-corrected chi connectivity index (χ4v) is 2.42. The number of ether oxygens (including phenoxy) is 1. The summed E-state index contributed by atoms with van der Waals surface area (Å²) in [6.07, 6.45) is 13.8. The molecule has 6 heteroatoms. The largest absolute Gasteiger partial charge is 0.465 e. The zero-order chi connectivity index (χ0) is 18.7.